The molecule has 0 aromatic heterocycles. The summed E-state index contributed by atoms with van der Waals surface area (Å²) in [5.74, 6) is -0.0152. The zero-order valence-electron chi connectivity index (χ0n) is 11.3. The third-order valence-electron chi connectivity index (χ3n) is 4.86. The molecule has 0 spiro atoms. The minimum Gasteiger partial charge on any atom is -0.505 e. The van der Waals surface area contributed by atoms with Gasteiger partial charge >= 0.3 is 0 Å². The third-order valence-corrected chi connectivity index (χ3v) is 5.43. The molecule has 0 atom stereocenters. The zero-order valence-corrected chi connectivity index (χ0v) is 12.9. The van der Waals surface area contributed by atoms with Crippen molar-refractivity contribution in [2.45, 2.75) is 40.3 Å². The van der Waals surface area contributed by atoms with E-state index in [9.17, 15) is 5.11 Å². The first-order chi connectivity index (χ1) is 8.14. The minimum absolute atomic E-state index is 0.0152. The summed E-state index contributed by atoms with van der Waals surface area (Å²) < 4.78 is 0. The van der Waals surface area contributed by atoms with E-state index in [2.05, 4.69) is 27.7 Å². The molecule has 1 N–H and O–H groups in total. The highest BCUT2D eigenvalue weighted by molar-refractivity contribution is 6.74. The summed E-state index contributed by atoms with van der Waals surface area (Å²) in [5, 5.41) is 10.3. The Kier molecular flexibility index (Phi) is 3.40. The predicted molar refractivity (Wildman–Crippen MR) is 80.7 cm³/mol. The lowest BCUT2D eigenvalue weighted by atomic mass is 9.42. The van der Waals surface area contributed by atoms with Gasteiger partial charge in [0.2, 0.25) is 0 Å². The molecule has 1 heterocycles. The van der Waals surface area contributed by atoms with Gasteiger partial charge in [0, 0.05) is 0 Å². The number of rotatable bonds is 1. The van der Waals surface area contributed by atoms with Crippen molar-refractivity contribution < 1.29 is 5.11 Å². The molecule has 0 aliphatic carbocycles. The standard InChI is InChI=1S/C14H19BCl2O/c1-13(2)7-15(8-14(13,3)4)9-5-10(16)12(18)11(17)6-9/h5-6,18H,7-8H2,1-4H3. The minimum atomic E-state index is -0.0152. The Morgan fingerprint density at radius 1 is 1.00 bits per heavy atom. The number of aromatic hydroxyl groups is 1. The molecule has 0 amide bonds. The number of hydrogen-bond donors (Lipinski definition) is 1. The SMILES string of the molecule is CC1(C)CB(c2cc(Cl)c(O)c(Cl)c2)CC1(C)C. The Balaban J connectivity index is 2.36. The van der Waals surface area contributed by atoms with E-state index in [1.165, 1.54) is 0 Å². The Morgan fingerprint density at radius 3 is 1.78 bits per heavy atom. The van der Waals surface area contributed by atoms with Crippen LogP contribution in [-0.2, 0) is 0 Å². The molecule has 1 aliphatic rings. The second-order valence-electron chi connectivity index (χ2n) is 6.71. The number of halogens is 2. The maximum atomic E-state index is 9.62. The van der Waals surface area contributed by atoms with Gasteiger partial charge < -0.3 is 5.11 Å². The lowest BCUT2D eigenvalue weighted by Crippen LogP contribution is -2.27. The van der Waals surface area contributed by atoms with Crippen LogP contribution in [0.4, 0.5) is 0 Å². The molecule has 4 heteroatoms. The van der Waals surface area contributed by atoms with Crippen LogP contribution >= 0.6 is 23.2 Å². The molecule has 1 aromatic rings. The van der Waals surface area contributed by atoms with Gasteiger partial charge in [-0.2, -0.15) is 0 Å². The molecule has 0 unspecified atom stereocenters. The Morgan fingerprint density at radius 2 is 1.39 bits per heavy atom. The molecule has 0 saturated carbocycles. The lowest BCUT2D eigenvalue weighted by Gasteiger charge is -2.35. The van der Waals surface area contributed by atoms with Crippen molar-refractivity contribution in [3.8, 4) is 5.75 Å². The van der Waals surface area contributed by atoms with Crippen molar-refractivity contribution in [1.29, 1.82) is 0 Å². The van der Waals surface area contributed by atoms with Gasteiger partial charge in [0.1, 0.15) is 0 Å². The summed E-state index contributed by atoms with van der Waals surface area (Å²) in [4.78, 5) is 0. The van der Waals surface area contributed by atoms with E-state index in [1.54, 1.807) is 0 Å². The van der Waals surface area contributed by atoms with Gasteiger partial charge in [-0.15, -0.1) is 0 Å². The smallest absolute Gasteiger partial charge is 0.177 e. The molecule has 1 fully saturated rings. The maximum Gasteiger partial charge on any atom is 0.177 e. The van der Waals surface area contributed by atoms with Crippen molar-refractivity contribution in [2.75, 3.05) is 0 Å². The maximum absolute atomic E-state index is 9.62. The zero-order chi connectivity index (χ0) is 13.7. The van der Waals surface area contributed by atoms with E-state index in [-0.39, 0.29) is 5.75 Å². The molecule has 18 heavy (non-hydrogen) atoms. The Bertz CT molecular complexity index is 444. The lowest BCUT2D eigenvalue weighted by molar-refractivity contribution is 0.177. The van der Waals surface area contributed by atoms with Crippen molar-refractivity contribution in [1.82, 2.24) is 0 Å². The van der Waals surface area contributed by atoms with E-state index in [0.29, 0.717) is 27.6 Å². The number of hydrogen-bond acceptors (Lipinski definition) is 1. The first-order valence-electron chi connectivity index (χ1n) is 6.32. The molecular formula is C14H19BCl2O. The highest BCUT2D eigenvalue weighted by Crippen LogP contribution is 2.52. The predicted octanol–water partition coefficient (Wildman–Crippen LogP) is 4.47. The highest BCUT2D eigenvalue weighted by Gasteiger charge is 2.48. The van der Waals surface area contributed by atoms with Crippen LogP contribution < -0.4 is 5.46 Å². The molecule has 1 aromatic carbocycles. The van der Waals surface area contributed by atoms with Crippen molar-refractivity contribution in [3.63, 3.8) is 0 Å². The van der Waals surface area contributed by atoms with Crippen LogP contribution in [0.2, 0.25) is 22.7 Å². The summed E-state index contributed by atoms with van der Waals surface area (Å²) in [6, 6.07) is 3.70. The molecule has 0 bridgehead atoms. The van der Waals surface area contributed by atoms with Crippen LogP contribution in [0.5, 0.6) is 5.75 Å². The van der Waals surface area contributed by atoms with Gasteiger partial charge in [-0.1, -0.05) is 69.0 Å². The van der Waals surface area contributed by atoms with E-state index < -0.39 is 0 Å². The summed E-state index contributed by atoms with van der Waals surface area (Å²) >= 11 is 12.0. The summed E-state index contributed by atoms with van der Waals surface area (Å²) in [5.41, 5.74) is 1.74. The fraction of sp³-hybridized carbons (Fsp3) is 0.571. The van der Waals surface area contributed by atoms with Gasteiger partial charge in [-0.05, 0) is 23.0 Å². The Labute approximate surface area is 120 Å². The monoisotopic (exact) mass is 284 g/mol. The van der Waals surface area contributed by atoms with Crippen LogP contribution in [0.1, 0.15) is 27.7 Å². The second-order valence-corrected chi connectivity index (χ2v) is 7.52. The van der Waals surface area contributed by atoms with Crippen LogP contribution in [0.3, 0.4) is 0 Å². The van der Waals surface area contributed by atoms with E-state index in [4.69, 9.17) is 23.2 Å². The number of phenols is 1. The molecule has 0 radical (unpaired) electrons. The first kappa shape index (κ1) is 14.1. The van der Waals surface area contributed by atoms with Crippen molar-refractivity contribution in [2.24, 2.45) is 10.8 Å². The molecule has 1 nitrogen and oxygen atoms in total. The van der Waals surface area contributed by atoms with E-state index >= 15 is 0 Å². The Hall–Kier alpha value is -0.335. The van der Waals surface area contributed by atoms with Crippen LogP contribution in [0.15, 0.2) is 12.1 Å². The van der Waals surface area contributed by atoms with E-state index in [0.717, 1.165) is 18.1 Å². The van der Waals surface area contributed by atoms with Gasteiger partial charge in [0.05, 0.1) is 10.0 Å². The van der Waals surface area contributed by atoms with Gasteiger partial charge in [-0.3, -0.25) is 0 Å². The average Bonchev–Trinajstić information content (AvgIpc) is 2.44. The summed E-state index contributed by atoms with van der Waals surface area (Å²) in [6.45, 7) is 9.73. The summed E-state index contributed by atoms with van der Waals surface area (Å²) in [7, 11) is 0. The fourth-order valence-corrected chi connectivity index (χ4v) is 3.42. The fourth-order valence-electron chi connectivity index (χ4n) is 2.91. The normalized spacial score (nSPS) is 21.3. The van der Waals surface area contributed by atoms with Crippen LogP contribution in [0.25, 0.3) is 0 Å². The largest absolute Gasteiger partial charge is 0.505 e. The quantitative estimate of drug-likeness (QED) is 0.755. The highest BCUT2D eigenvalue weighted by atomic mass is 35.5. The molecule has 98 valence electrons. The van der Waals surface area contributed by atoms with Gasteiger partial charge in [0.15, 0.2) is 12.5 Å². The first-order valence-corrected chi connectivity index (χ1v) is 7.07. The van der Waals surface area contributed by atoms with Gasteiger partial charge in [-0.25, -0.2) is 0 Å². The van der Waals surface area contributed by atoms with Crippen molar-refractivity contribution in [3.05, 3.63) is 22.2 Å². The molecule has 1 saturated heterocycles. The van der Waals surface area contributed by atoms with E-state index in [1.807, 2.05) is 12.1 Å². The third kappa shape index (κ3) is 2.25. The average molecular weight is 285 g/mol. The molecule has 1 aliphatic heterocycles. The van der Waals surface area contributed by atoms with Crippen LogP contribution in [-0.4, -0.2) is 11.8 Å². The van der Waals surface area contributed by atoms with Crippen LogP contribution in [0, 0.1) is 10.8 Å². The number of benzene rings is 1. The topological polar surface area (TPSA) is 20.2 Å². The van der Waals surface area contributed by atoms with Crippen molar-refractivity contribution >= 4 is 35.4 Å². The second kappa shape index (κ2) is 4.35. The van der Waals surface area contributed by atoms with Gasteiger partial charge in [0.25, 0.3) is 0 Å². The summed E-state index contributed by atoms with van der Waals surface area (Å²) in [6.07, 6.45) is 2.24. The number of phenolic OH excluding ortho intramolecular Hbond substituents is 1. The molecule has 2 rings (SSSR count). The molecular weight excluding hydrogens is 266 g/mol.